The second kappa shape index (κ2) is 5.64. The second-order valence-corrected chi connectivity index (χ2v) is 8.11. The van der Waals surface area contributed by atoms with Gasteiger partial charge in [-0.25, -0.2) is 0 Å². The second-order valence-electron chi connectivity index (χ2n) is 8.11. The predicted molar refractivity (Wildman–Crippen MR) is 87.7 cm³/mol. The van der Waals surface area contributed by atoms with Gasteiger partial charge in [0.2, 0.25) is 0 Å². The van der Waals surface area contributed by atoms with E-state index in [1.165, 1.54) is 36.8 Å². The Morgan fingerprint density at radius 2 is 2.05 bits per heavy atom. The summed E-state index contributed by atoms with van der Waals surface area (Å²) in [5, 5.41) is 3.46. The Hall–Kier alpha value is -1.02. The van der Waals surface area contributed by atoms with Gasteiger partial charge in [-0.05, 0) is 49.3 Å². The molecule has 3 rings (SSSR count). The maximum absolute atomic E-state index is 6.30. The van der Waals surface area contributed by atoms with E-state index in [4.69, 9.17) is 4.74 Å². The van der Waals surface area contributed by atoms with Crippen molar-refractivity contribution in [1.29, 1.82) is 0 Å². The molecule has 2 nitrogen and oxygen atoms in total. The van der Waals surface area contributed by atoms with E-state index in [0.717, 1.165) is 31.9 Å². The summed E-state index contributed by atoms with van der Waals surface area (Å²) < 4.78 is 6.30. The molecular weight excluding hydrogens is 258 g/mol. The average molecular weight is 287 g/mol. The molecule has 1 aliphatic carbocycles. The van der Waals surface area contributed by atoms with Crippen LogP contribution in [0.25, 0.3) is 0 Å². The molecule has 1 fully saturated rings. The Balaban J connectivity index is 1.70. The van der Waals surface area contributed by atoms with Gasteiger partial charge in [-0.1, -0.05) is 39.3 Å². The van der Waals surface area contributed by atoms with Crippen LogP contribution in [0.2, 0.25) is 0 Å². The van der Waals surface area contributed by atoms with E-state index < -0.39 is 0 Å². The number of hydrogen-bond donors (Lipinski definition) is 1. The lowest BCUT2D eigenvalue weighted by Gasteiger charge is -2.42. The van der Waals surface area contributed by atoms with Crippen molar-refractivity contribution < 1.29 is 4.74 Å². The summed E-state index contributed by atoms with van der Waals surface area (Å²) in [6.07, 6.45) is 6.38. The van der Waals surface area contributed by atoms with Crippen LogP contribution < -0.4 is 10.1 Å². The molecule has 1 unspecified atom stereocenters. The molecule has 116 valence electrons. The predicted octanol–water partition coefficient (Wildman–Crippen LogP) is 4.32. The van der Waals surface area contributed by atoms with Crippen LogP contribution in [0.3, 0.4) is 0 Å². The fourth-order valence-corrected chi connectivity index (χ4v) is 4.32. The van der Waals surface area contributed by atoms with Gasteiger partial charge in [0.05, 0.1) is 6.61 Å². The topological polar surface area (TPSA) is 21.3 Å². The summed E-state index contributed by atoms with van der Waals surface area (Å²) in [6.45, 7) is 10.1. The first kappa shape index (κ1) is 14.9. The van der Waals surface area contributed by atoms with Crippen LogP contribution in [-0.4, -0.2) is 13.2 Å². The van der Waals surface area contributed by atoms with Crippen molar-refractivity contribution in [3.63, 3.8) is 0 Å². The third-order valence-electron chi connectivity index (χ3n) is 5.22. The summed E-state index contributed by atoms with van der Waals surface area (Å²) >= 11 is 0. The molecule has 1 aliphatic heterocycles. The number of fused-ring (bicyclic) bond motifs is 1. The summed E-state index contributed by atoms with van der Waals surface area (Å²) in [4.78, 5) is 0. The van der Waals surface area contributed by atoms with E-state index in [-0.39, 0.29) is 0 Å². The quantitative estimate of drug-likeness (QED) is 0.894. The van der Waals surface area contributed by atoms with Crippen molar-refractivity contribution in [2.24, 2.45) is 10.8 Å². The highest BCUT2D eigenvalue weighted by Gasteiger charge is 2.37. The Labute approximate surface area is 129 Å². The molecule has 1 aromatic rings. The standard InChI is InChI=1S/C19H29NO/c1-18(2)9-5-10-19(3,13-18)14-21-17-7-4-6-15-8-11-20-12-16(15)17/h4,6-7,20H,5,8-14H2,1-3H3. The van der Waals surface area contributed by atoms with E-state index in [2.05, 4.69) is 44.3 Å². The van der Waals surface area contributed by atoms with Crippen LogP contribution in [0.4, 0.5) is 0 Å². The molecule has 0 saturated heterocycles. The van der Waals surface area contributed by atoms with Gasteiger partial charge >= 0.3 is 0 Å². The highest BCUT2D eigenvalue weighted by Crippen LogP contribution is 2.46. The molecule has 21 heavy (non-hydrogen) atoms. The summed E-state index contributed by atoms with van der Waals surface area (Å²) in [5.74, 6) is 1.10. The minimum atomic E-state index is 0.326. The highest BCUT2D eigenvalue weighted by atomic mass is 16.5. The van der Waals surface area contributed by atoms with Gasteiger partial charge in [0.25, 0.3) is 0 Å². The smallest absolute Gasteiger partial charge is 0.124 e. The number of rotatable bonds is 3. The molecule has 0 aromatic heterocycles. The van der Waals surface area contributed by atoms with Crippen molar-refractivity contribution in [2.45, 2.75) is 59.4 Å². The van der Waals surface area contributed by atoms with Gasteiger partial charge in [-0.3, -0.25) is 0 Å². The Bertz CT molecular complexity index is 508. The van der Waals surface area contributed by atoms with Crippen LogP contribution in [-0.2, 0) is 13.0 Å². The lowest BCUT2D eigenvalue weighted by molar-refractivity contribution is 0.0500. The largest absolute Gasteiger partial charge is 0.493 e. The monoisotopic (exact) mass is 287 g/mol. The Morgan fingerprint density at radius 3 is 2.86 bits per heavy atom. The maximum Gasteiger partial charge on any atom is 0.124 e. The molecule has 0 bridgehead atoms. The van der Waals surface area contributed by atoms with E-state index >= 15 is 0 Å². The summed E-state index contributed by atoms with van der Waals surface area (Å²) in [5.41, 5.74) is 3.63. The van der Waals surface area contributed by atoms with Crippen molar-refractivity contribution in [1.82, 2.24) is 5.32 Å². The lowest BCUT2D eigenvalue weighted by atomic mass is 9.65. The van der Waals surface area contributed by atoms with Crippen LogP contribution >= 0.6 is 0 Å². The summed E-state index contributed by atoms with van der Waals surface area (Å²) in [6, 6.07) is 6.53. The third kappa shape index (κ3) is 3.42. The van der Waals surface area contributed by atoms with Gasteiger partial charge < -0.3 is 10.1 Å². The number of hydrogen-bond acceptors (Lipinski definition) is 2. The number of nitrogens with one attached hydrogen (secondary N) is 1. The van der Waals surface area contributed by atoms with E-state index in [1.54, 1.807) is 0 Å². The first-order valence-corrected chi connectivity index (χ1v) is 8.42. The minimum absolute atomic E-state index is 0.326. The van der Waals surface area contributed by atoms with Crippen LogP contribution in [0.15, 0.2) is 18.2 Å². The Morgan fingerprint density at radius 1 is 1.19 bits per heavy atom. The van der Waals surface area contributed by atoms with Gasteiger partial charge in [0.1, 0.15) is 5.75 Å². The van der Waals surface area contributed by atoms with Crippen LogP contribution in [0.1, 0.15) is 57.6 Å². The zero-order valence-corrected chi connectivity index (χ0v) is 13.8. The third-order valence-corrected chi connectivity index (χ3v) is 5.22. The highest BCUT2D eigenvalue weighted by molar-refractivity contribution is 5.41. The molecule has 2 aliphatic rings. The molecule has 1 N–H and O–H groups in total. The zero-order chi connectivity index (χ0) is 14.9. The molecule has 1 saturated carbocycles. The molecule has 1 aromatic carbocycles. The normalized spacial score (nSPS) is 28.0. The number of benzene rings is 1. The molecule has 0 spiro atoms. The van der Waals surface area contributed by atoms with Crippen LogP contribution in [0, 0.1) is 10.8 Å². The molecule has 0 radical (unpaired) electrons. The first-order valence-electron chi connectivity index (χ1n) is 8.42. The van der Waals surface area contributed by atoms with Crippen molar-refractivity contribution in [3.8, 4) is 5.75 Å². The minimum Gasteiger partial charge on any atom is -0.493 e. The first-order chi connectivity index (χ1) is 9.98. The van der Waals surface area contributed by atoms with E-state index in [0.29, 0.717) is 10.8 Å². The van der Waals surface area contributed by atoms with Crippen molar-refractivity contribution in [3.05, 3.63) is 29.3 Å². The average Bonchev–Trinajstić information content (AvgIpc) is 2.44. The van der Waals surface area contributed by atoms with Crippen molar-refractivity contribution in [2.75, 3.05) is 13.2 Å². The van der Waals surface area contributed by atoms with Crippen LogP contribution in [0.5, 0.6) is 5.75 Å². The molecule has 2 heteroatoms. The molecule has 1 heterocycles. The Kier molecular flexibility index (Phi) is 4.00. The van der Waals surface area contributed by atoms with Crippen molar-refractivity contribution >= 4 is 0 Å². The van der Waals surface area contributed by atoms with Gasteiger partial charge in [-0.2, -0.15) is 0 Å². The molecular formula is C19H29NO. The maximum atomic E-state index is 6.30. The lowest BCUT2D eigenvalue weighted by Crippen LogP contribution is -2.35. The van der Waals surface area contributed by atoms with E-state index in [9.17, 15) is 0 Å². The SMILES string of the molecule is CC1(C)CCCC(C)(COc2cccc3c2CNCC3)C1. The van der Waals surface area contributed by atoms with Gasteiger partial charge in [0, 0.05) is 17.5 Å². The molecule has 1 atom stereocenters. The number of ether oxygens (including phenoxy) is 1. The fourth-order valence-electron chi connectivity index (χ4n) is 4.32. The molecule has 0 amide bonds. The van der Waals surface area contributed by atoms with Gasteiger partial charge in [0.15, 0.2) is 0 Å². The van der Waals surface area contributed by atoms with E-state index in [1.807, 2.05) is 0 Å². The van der Waals surface area contributed by atoms with Gasteiger partial charge in [-0.15, -0.1) is 0 Å². The fraction of sp³-hybridized carbons (Fsp3) is 0.684. The summed E-state index contributed by atoms with van der Waals surface area (Å²) in [7, 11) is 0. The zero-order valence-electron chi connectivity index (χ0n) is 13.8.